The minimum atomic E-state index is -4.51. The molecule has 1 fully saturated rings. The minimum Gasteiger partial charge on any atom is -0.482 e. The molecule has 0 aromatic heterocycles. The summed E-state index contributed by atoms with van der Waals surface area (Å²) in [5.41, 5.74) is 1.28. The lowest BCUT2D eigenvalue weighted by atomic mass is 10.1. The number of halogens is 4. The molecule has 0 radical (unpaired) electrons. The quantitative estimate of drug-likeness (QED) is 0.462. The third-order valence-corrected chi connectivity index (χ3v) is 5.76. The van der Waals surface area contributed by atoms with Gasteiger partial charge in [-0.15, -0.1) is 0 Å². The van der Waals surface area contributed by atoms with Gasteiger partial charge in [-0.1, -0.05) is 12.1 Å². The molecule has 2 aromatic carbocycles. The van der Waals surface area contributed by atoms with Crippen LogP contribution in [-0.2, 0) is 0 Å². The number of fused-ring (bicyclic) bond motifs is 1. The van der Waals surface area contributed by atoms with Gasteiger partial charge in [0.25, 0.3) is 11.8 Å². The number of anilines is 1. The van der Waals surface area contributed by atoms with Crippen LogP contribution in [-0.4, -0.2) is 73.7 Å². The number of carbonyl (C=O) groups excluding carboxylic acids is 2. The lowest BCUT2D eigenvalue weighted by Crippen LogP contribution is -2.47. The van der Waals surface area contributed by atoms with Gasteiger partial charge in [0.15, 0.2) is 6.61 Å². The Hall–Kier alpha value is -3.14. The maximum absolute atomic E-state index is 13.6. The predicted octanol–water partition coefficient (Wildman–Crippen LogP) is 3.58. The van der Waals surface area contributed by atoms with E-state index in [1.54, 1.807) is 24.3 Å². The monoisotopic (exact) mass is 465 g/mol. The van der Waals surface area contributed by atoms with E-state index in [-0.39, 0.29) is 17.6 Å². The zero-order chi connectivity index (χ0) is 23.6. The molecule has 176 valence electrons. The standard InChI is InChI=1S/C23H23F4N3O3/c24-16-6-7-19(20(14-16)33-15-23(25,26)27)29-12-10-28(11-13-29)8-3-9-30-21(31)17-4-1-2-5-18(17)22(30)32/h1-2,4-7,14H,3,8-13,15H2. The lowest BCUT2D eigenvalue weighted by molar-refractivity contribution is -0.153. The third-order valence-electron chi connectivity index (χ3n) is 5.76. The summed E-state index contributed by atoms with van der Waals surface area (Å²) in [6, 6.07) is 10.4. The molecule has 2 aliphatic heterocycles. The second-order valence-corrected chi connectivity index (χ2v) is 8.01. The van der Waals surface area contributed by atoms with Crippen LogP contribution < -0.4 is 9.64 Å². The fraction of sp³-hybridized carbons (Fsp3) is 0.391. The molecule has 1 saturated heterocycles. The van der Waals surface area contributed by atoms with Gasteiger partial charge < -0.3 is 9.64 Å². The summed E-state index contributed by atoms with van der Waals surface area (Å²) in [6.45, 7) is 1.84. The number of carbonyl (C=O) groups is 2. The average Bonchev–Trinajstić information content (AvgIpc) is 3.03. The minimum absolute atomic E-state index is 0.133. The Balaban J connectivity index is 1.28. The number of hydrogen-bond acceptors (Lipinski definition) is 5. The number of rotatable bonds is 7. The average molecular weight is 465 g/mol. The van der Waals surface area contributed by atoms with Crippen molar-refractivity contribution in [3.63, 3.8) is 0 Å². The Morgan fingerprint density at radius 3 is 2.12 bits per heavy atom. The van der Waals surface area contributed by atoms with Crippen LogP contribution in [0.5, 0.6) is 5.75 Å². The molecule has 33 heavy (non-hydrogen) atoms. The Labute approximate surface area is 188 Å². The van der Waals surface area contributed by atoms with Gasteiger partial charge in [0, 0.05) is 38.8 Å². The molecule has 2 amide bonds. The summed E-state index contributed by atoms with van der Waals surface area (Å²) in [4.78, 5) is 30.2. The van der Waals surface area contributed by atoms with E-state index >= 15 is 0 Å². The maximum Gasteiger partial charge on any atom is 0.422 e. The van der Waals surface area contributed by atoms with Gasteiger partial charge in [-0.3, -0.25) is 19.4 Å². The van der Waals surface area contributed by atoms with Crippen molar-refractivity contribution < 1.29 is 31.9 Å². The summed E-state index contributed by atoms with van der Waals surface area (Å²) < 4.78 is 56.0. The Kier molecular flexibility index (Phi) is 6.55. The summed E-state index contributed by atoms with van der Waals surface area (Å²) in [7, 11) is 0. The number of hydrogen-bond donors (Lipinski definition) is 0. The van der Waals surface area contributed by atoms with Gasteiger partial charge in [-0.2, -0.15) is 13.2 Å². The first kappa shape index (κ1) is 23.0. The van der Waals surface area contributed by atoms with E-state index in [2.05, 4.69) is 4.90 Å². The summed E-state index contributed by atoms with van der Waals surface area (Å²) in [5, 5.41) is 0. The lowest BCUT2D eigenvalue weighted by Gasteiger charge is -2.37. The number of imide groups is 1. The van der Waals surface area contributed by atoms with Crippen molar-refractivity contribution in [3.05, 3.63) is 59.4 Å². The first-order chi connectivity index (χ1) is 15.7. The summed E-state index contributed by atoms with van der Waals surface area (Å²) >= 11 is 0. The van der Waals surface area contributed by atoms with Crippen LogP contribution in [0.3, 0.4) is 0 Å². The van der Waals surface area contributed by atoms with Crippen LogP contribution in [0.4, 0.5) is 23.2 Å². The van der Waals surface area contributed by atoms with E-state index < -0.39 is 18.6 Å². The molecule has 2 aliphatic rings. The number of amides is 2. The zero-order valence-electron chi connectivity index (χ0n) is 17.8. The van der Waals surface area contributed by atoms with E-state index in [1.165, 1.54) is 17.0 Å². The molecule has 4 rings (SSSR count). The molecule has 0 aliphatic carbocycles. The molecule has 0 bridgehead atoms. The molecule has 0 atom stereocenters. The number of benzene rings is 2. The highest BCUT2D eigenvalue weighted by Crippen LogP contribution is 2.31. The normalized spacial score (nSPS) is 17.0. The van der Waals surface area contributed by atoms with Crippen molar-refractivity contribution in [3.8, 4) is 5.75 Å². The van der Waals surface area contributed by atoms with Gasteiger partial charge in [0.05, 0.1) is 16.8 Å². The number of piperazine rings is 1. The molecule has 0 saturated carbocycles. The van der Waals surface area contributed by atoms with Gasteiger partial charge >= 0.3 is 6.18 Å². The number of ether oxygens (including phenoxy) is 1. The largest absolute Gasteiger partial charge is 0.482 e. The molecule has 2 aromatic rings. The molecular formula is C23H23F4N3O3. The zero-order valence-corrected chi connectivity index (χ0v) is 17.8. The molecule has 2 heterocycles. The van der Waals surface area contributed by atoms with E-state index in [0.717, 1.165) is 6.07 Å². The van der Waals surface area contributed by atoms with Crippen molar-refractivity contribution in [2.75, 3.05) is 50.8 Å². The number of nitrogens with zero attached hydrogens (tertiary/aromatic N) is 3. The Morgan fingerprint density at radius 2 is 1.52 bits per heavy atom. The second-order valence-electron chi connectivity index (χ2n) is 8.01. The maximum atomic E-state index is 13.6. The van der Waals surface area contributed by atoms with Gasteiger partial charge in [-0.05, 0) is 37.2 Å². The smallest absolute Gasteiger partial charge is 0.422 e. The fourth-order valence-corrected chi connectivity index (χ4v) is 4.13. The SMILES string of the molecule is O=C1c2ccccc2C(=O)N1CCCN1CCN(c2ccc(F)cc2OCC(F)(F)F)CC1. The van der Waals surface area contributed by atoms with Crippen molar-refractivity contribution in [1.29, 1.82) is 0 Å². The van der Waals surface area contributed by atoms with E-state index in [1.807, 2.05) is 4.90 Å². The first-order valence-electron chi connectivity index (χ1n) is 10.6. The van der Waals surface area contributed by atoms with Crippen LogP contribution in [0.1, 0.15) is 27.1 Å². The number of alkyl halides is 3. The van der Waals surface area contributed by atoms with Crippen LogP contribution in [0, 0.1) is 5.82 Å². The first-order valence-corrected chi connectivity index (χ1v) is 10.6. The van der Waals surface area contributed by atoms with Crippen molar-refractivity contribution in [2.24, 2.45) is 0 Å². The van der Waals surface area contributed by atoms with E-state index in [9.17, 15) is 27.2 Å². The Morgan fingerprint density at radius 1 is 0.879 bits per heavy atom. The van der Waals surface area contributed by atoms with Crippen LogP contribution >= 0.6 is 0 Å². The van der Waals surface area contributed by atoms with Crippen LogP contribution in [0.15, 0.2) is 42.5 Å². The van der Waals surface area contributed by atoms with Gasteiger partial charge in [-0.25, -0.2) is 4.39 Å². The van der Waals surface area contributed by atoms with Gasteiger partial charge in [0.1, 0.15) is 11.6 Å². The Bertz CT molecular complexity index is 1000. The molecule has 0 N–H and O–H groups in total. The third kappa shape index (κ3) is 5.27. The fourth-order valence-electron chi connectivity index (χ4n) is 4.13. The highest BCUT2D eigenvalue weighted by atomic mass is 19.4. The van der Waals surface area contributed by atoms with Crippen LogP contribution in [0.25, 0.3) is 0 Å². The van der Waals surface area contributed by atoms with Crippen molar-refractivity contribution >= 4 is 17.5 Å². The molecular weight excluding hydrogens is 442 g/mol. The predicted molar refractivity (Wildman–Crippen MR) is 113 cm³/mol. The highest BCUT2D eigenvalue weighted by molar-refractivity contribution is 6.21. The molecule has 0 unspecified atom stereocenters. The summed E-state index contributed by atoms with van der Waals surface area (Å²) in [5.74, 6) is -1.35. The van der Waals surface area contributed by atoms with Crippen molar-refractivity contribution in [2.45, 2.75) is 12.6 Å². The molecule has 0 spiro atoms. The topological polar surface area (TPSA) is 53.1 Å². The highest BCUT2D eigenvalue weighted by Gasteiger charge is 2.34. The second kappa shape index (κ2) is 9.38. The van der Waals surface area contributed by atoms with Crippen molar-refractivity contribution in [1.82, 2.24) is 9.80 Å². The molecule has 6 nitrogen and oxygen atoms in total. The summed E-state index contributed by atoms with van der Waals surface area (Å²) in [6.07, 6.45) is -3.90. The van der Waals surface area contributed by atoms with E-state index in [4.69, 9.17) is 4.74 Å². The van der Waals surface area contributed by atoms with Crippen LogP contribution in [0.2, 0.25) is 0 Å². The van der Waals surface area contributed by atoms with Gasteiger partial charge in [0.2, 0.25) is 0 Å². The molecule has 10 heteroatoms. The van der Waals surface area contributed by atoms with E-state index in [0.29, 0.717) is 62.5 Å².